The van der Waals surface area contributed by atoms with Crippen LogP contribution in [0, 0.1) is 23.4 Å². The predicted molar refractivity (Wildman–Crippen MR) is 149 cm³/mol. The van der Waals surface area contributed by atoms with Gasteiger partial charge in [-0.05, 0) is 111 Å². The normalized spacial score (nSPS) is 23.6. The van der Waals surface area contributed by atoms with Gasteiger partial charge in [-0.2, -0.15) is 0 Å². The molecule has 0 unspecified atom stereocenters. The highest BCUT2D eigenvalue weighted by atomic mass is 32.1. The second kappa shape index (κ2) is 12.3. The molecule has 3 aromatic rings. The zero-order chi connectivity index (χ0) is 27.5. The molecule has 5 rings (SSSR count). The highest BCUT2D eigenvalue weighted by Gasteiger charge is 2.31. The standard InChI is InChI=1S/C32H37F3O3S/c1-3-5-19-6-8-20(9-7-19)24-15-16-25(29(34)28(24)33)21-10-13-23(14-11-21)38-32(36)27-18-22-12-17-26(37-4-2)30(35)31(22)39-27/h12,15-21,23H,3-11,13-14H2,1-2H3. The Kier molecular flexibility index (Phi) is 8.85. The van der Waals surface area contributed by atoms with Crippen molar-refractivity contribution in [3.05, 3.63) is 63.8 Å². The summed E-state index contributed by atoms with van der Waals surface area (Å²) in [6.07, 6.45) is 8.53. The molecule has 2 aliphatic rings. The van der Waals surface area contributed by atoms with Crippen LogP contribution >= 0.6 is 11.3 Å². The lowest BCUT2D eigenvalue weighted by Gasteiger charge is -2.31. The minimum atomic E-state index is -0.706. The molecule has 0 N–H and O–H groups in total. The molecular weight excluding hydrogens is 521 g/mol. The van der Waals surface area contributed by atoms with Crippen LogP contribution in [0.5, 0.6) is 5.75 Å². The van der Waals surface area contributed by atoms with E-state index in [0.717, 1.165) is 42.9 Å². The molecule has 0 radical (unpaired) electrons. The number of carbonyl (C=O) groups is 1. The number of rotatable bonds is 8. The van der Waals surface area contributed by atoms with Gasteiger partial charge in [0, 0.05) is 0 Å². The van der Waals surface area contributed by atoms with Crippen LogP contribution < -0.4 is 4.74 Å². The second-order valence-corrected chi connectivity index (χ2v) is 12.1. The minimum Gasteiger partial charge on any atom is -0.491 e. The fraction of sp³-hybridized carbons (Fsp3) is 0.531. The van der Waals surface area contributed by atoms with E-state index in [9.17, 15) is 9.18 Å². The number of carbonyl (C=O) groups excluding carboxylic acids is 1. The Morgan fingerprint density at radius 3 is 2.05 bits per heavy atom. The number of ether oxygens (including phenoxy) is 2. The first-order valence-electron chi connectivity index (χ1n) is 14.4. The van der Waals surface area contributed by atoms with E-state index in [1.807, 2.05) is 6.07 Å². The highest BCUT2D eigenvalue weighted by Crippen LogP contribution is 2.42. The monoisotopic (exact) mass is 558 g/mol. The molecule has 3 nitrogen and oxygen atoms in total. The summed E-state index contributed by atoms with van der Waals surface area (Å²) in [5.74, 6) is -1.44. The van der Waals surface area contributed by atoms with E-state index < -0.39 is 23.4 Å². The molecule has 7 heteroatoms. The fourth-order valence-electron chi connectivity index (χ4n) is 6.50. The first kappa shape index (κ1) is 28.0. The number of halogens is 3. The Morgan fingerprint density at radius 1 is 0.846 bits per heavy atom. The van der Waals surface area contributed by atoms with Crippen molar-refractivity contribution in [1.82, 2.24) is 0 Å². The van der Waals surface area contributed by atoms with E-state index in [1.54, 1.807) is 31.2 Å². The number of esters is 1. The Balaban J connectivity index is 1.19. The largest absolute Gasteiger partial charge is 0.491 e. The SMILES string of the molecule is CCCC1CCC(c2ccc(C3CCC(OC(=O)c4cc5ccc(OCC)c(F)c5s4)CC3)c(F)c2F)CC1. The highest BCUT2D eigenvalue weighted by molar-refractivity contribution is 7.20. The number of hydrogen-bond donors (Lipinski definition) is 0. The molecule has 2 fully saturated rings. The van der Waals surface area contributed by atoms with Crippen molar-refractivity contribution in [3.8, 4) is 5.75 Å². The van der Waals surface area contributed by atoms with Gasteiger partial charge in [0.2, 0.25) is 0 Å². The quantitative estimate of drug-likeness (QED) is 0.258. The van der Waals surface area contributed by atoms with Crippen molar-refractivity contribution in [2.45, 2.75) is 96.0 Å². The predicted octanol–water partition coefficient (Wildman–Crippen LogP) is 9.67. The van der Waals surface area contributed by atoms with E-state index in [4.69, 9.17) is 9.47 Å². The molecule has 2 aromatic carbocycles. The van der Waals surface area contributed by atoms with Crippen LogP contribution in [0.2, 0.25) is 0 Å². The molecule has 0 saturated heterocycles. The number of benzene rings is 2. The Bertz CT molecular complexity index is 1300. The van der Waals surface area contributed by atoms with Gasteiger partial charge < -0.3 is 9.47 Å². The summed E-state index contributed by atoms with van der Waals surface area (Å²) in [5, 5.41) is 0.631. The van der Waals surface area contributed by atoms with E-state index in [1.165, 1.54) is 12.8 Å². The molecular formula is C32H37F3O3S. The van der Waals surface area contributed by atoms with E-state index in [2.05, 4.69) is 6.92 Å². The lowest BCUT2D eigenvalue weighted by molar-refractivity contribution is 0.0200. The molecule has 1 heterocycles. The first-order chi connectivity index (χ1) is 18.9. The van der Waals surface area contributed by atoms with E-state index in [0.29, 0.717) is 58.4 Å². The molecule has 0 amide bonds. The van der Waals surface area contributed by atoms with Crippen LogP contribution in [0.15, 0.2) is 30.3 Å². The van der Waals surface area contributed by atoms with Crippen LogP contribution in [-0.4, -0.2) is 18.7 Å². The molecule has 0 aliphatic heterocycles. The van der Waals surface area contributed by atoms with Crippen LogP contribution in [0.1, 0.15) is 111 Å². The van der Waals surface area contributed by atoms with Gasteiger partial charge >= 0.3 is 5.97 Å². The summed E-state index contributed by atoms with van der Waals surface area (Å²) in [5.41, 5.74) is 0.966. The zero-order valence-electron chi connectivity index (χ0n) is 22.7. The first-order valence-corrected chi connectivity index (χ1v) is 15.2. The van der Waals surface area contributed by atoms with Crippen molar-refractivity contribution >= 4 is 27.4 Å². The summed E-state index contributed by atoms with van der Waals surface area (Å²) in [6, 6.07) is 8.53. The van der Waals surface area contributed by atoms with Crippen LogP contribution in [0.25, 0.3) is 10.1 Å². The van der Waals surface area contributed by atoms with Crippen molar-refractivity contribution in [3.63, 3.8) is 0 Å². The Labute approximate surface area is 232 Å². The van der Waals surface area contributed by atoms with Crippen LogP contribution in [0.3, 0.4) is 0 Å². The minimum absolute atomic E-state index is 0.0980. The third-order valence-electron chi connectivity index (χ3n) is 8.61. The molecule has 2 saturated carbocycles. The van der Waals surface area contributed by atoms with Gasteiger partial charge in [0.05, 0.1) is 11.3 Å². The molecule has 0 atom stereocenters. The third-order valence-corrected chi connectivity index (χ3v) is 9.73. The van der Waals surface area contributed by atoms with Crippen LogP contribution in [-0.2, 0) is 4.74 Å². The maximum absolute atomic E-state index is 15.2. The summed E-state index contributed by atoms with van der Waals surface area (Å²) in [6.45, 7) is 4.34. The number of fused-ring (bicyclic) bond motifs is 1. The molecule has 0 spiro atoms. The smallest absolute Gasteiger partial charge is 0.348 e. The topological polar surface area (TPSA) is 35.5 Å². The van der Waals surface area contributed by atoms with Crippen molar-refractivity contribution in [2.24, 2.45) is 5.92 Å². The van der Waals surface area contributed by atoms with Crippen molar-refractivity contribution in [2.75, 3.05) is 6.61 Å². The molecule has 1 aromatic heterocycles. The number of hydrogen-bond acceptors (Lipinski definition) is 4. The van der Waals surface area contributed by atoms with Gasteiger partial charge in [0.25, 0.3) is 0 Å². The number of thiophene rings is 1. The molecule has 210 valence electrons. The Morgan fingerprint density at radius 2 is 1.46 bits per heavy atom. The van der Waals surface area contributed by atoms with Gasteiger partial charge in [-0.1, -0.05) is 31.9 Å². The van der Waals surface area contributed by atoms with Gasteiger partial charge in [0.15, 0.2) is 23.2 Å². The van der Waals surface area contributed by atoms with E-state index >= 15 is 8.78 Å². The zero-order valence-corrected chi connectivity index (χ0v) is 23.6. The maximum Gasteiger partial charge on any atom is 0.348 e. The summed E-state index contributed by atoms with van der Waals surface area (Å²) >= 11 is 1.06. The maximum atomic E-state index is 15.2. The van der Waals surface area contributed by atoms with Gasteiger partial charge in [0.1, 0.15) is 11.0 Å². The van der Waals surface area contributed by atoms with Crippen molar-refractivity contribution < 1.29 is 27.4 Å². The van der Waals surface area contributed by atoms with E-state index in [-0.39, 0.29) is 23.7 Å². The fourth-order valence-corrected chi connectivity index (χ4v) is 7.47. The lowest BCUT2D eigenvalue weighted by Crippen LogP contribution is -2.24. The lowest BCUT2D eigenvalue weighted by atomic mass is 9.76. The Hall–Kier alpha value is -2.54. The van der Waals surface area contributed by atoms with Gasteiger partial charge in [-0.3, -0.25) is 0 Å². The average Bonchev–Trinajstić information content (AvgIpc) is 3.39. The van der Waals surface area contributed by atoms with Crippen LogP contribution in [0.4, 0.5) is 13.2 Å². The summed E-state index contributed by atoms with van der Waals surface area (Å²) < 4.78 is 56.6. The third kappa shape index (κ3) is 5.98. The molecule has 2 aliphatic carbocycles. The molecule has 39 heavy (non-hydrogen) atoms. The summed E-state index contributed by atoms with van der Waals surface area (Å²) in [4.78, 5) is 13.2. The average molecular weight is 559 g/mol. The second-order valence-electron chi connectivity index (χ2n) is 11.1. The molecule has 0 bridgehead atoms. The summed E-state index contributed by atoms with van der Waals surface area (Å²) in [7, 11) is 0. The van der Waals surface area contributed by atoms with Gasteiger partial charge in [-0.15, -0.1) is 11.3 Å². The van der Waals surface area contributed by atoms with Crippen molar-refractivity contribution in [1.29, 1.82) is 0 Å². The van der Waals surface area contributed by atoms with Gasteiger partial charge in [-0.25, -0.2) is 18.0 Å².